The molecule has 1 fully saturated rings. The van der Waals surface area contributed by atoms with Crippen LogP contribution in [0.25, 0.3) is 0 Å². The van der Waals surface area contributed by atoms with Gasteiger partial charge in [-0.25, -0.2) is 5.01 Å². The van der Waals surface area contributed by atoms with E-state index in [-0.39, 0.29) is 24.7 Å². The van der Waals surface area contributed by atoms with Gasteiger partial charge in [-0.3, -0.25) is 19.7 Å². The molecule has 3 rings (SSSR count). The Kier molecular flexibility index (Phi) is 3.32. The molecule has 0 bridgehead atoms. The summed E-state index contributed by atoms with van der Waals surface area (Å²) >= 11 is 0. The summed E-state index contributed by atoms with van der Waals surface area (Å²) in [4.78, 5) is 35.6. The number of hydrogen-bond acceptors (Lipinski definition) is 6. The van der Waals surface area contributed by atoms with Crippen LogP contribution in [0, 0.1) is 0 Å². The molecule has 1 atom stereocenters. The zero-order valence-corrected chi connectivity index (χ0v) is 11.2. The van der Waals surface area contributed by atoms with Crippen LogP contribution in [0.2, 0.25) is 0 Å². The number of nitrogens with two attached hydrogens (primary N) is 1. The second-order valence-corrected chi connectivity index (χ2v) is 4.96. The number of hydrazine groups is 2. The van der Waals surface area contributed by atoms with Gasteiger partial charge in [-0.2, -0.15) is 0 Å². The van der Waals surface area contributed by atoms with Gasteiger partial charge >= 0.3 is 0 Å². The minimum atomic E-state index is -0.725. The first-order chi connectivity index (χ1) is 10.1. The van der Waals surface area contributed by atoms with Gasteiger partial charge in [0.25, 0.3) is 11.8 Å². The van der Waals surface area contributed by atoms with Gasteiger partial charge in [-0.15, -0.1) is 5.53 Å². The Hall–Kier alpha value is -2.45. The summed E-state index contributed by atoms with van der Waals surface area (Å²) in [6.45, 7) is 0.326. The second-order valence-electron chi connectivity index (χ2n) is 4.96. The molecule has 8 nitrogen and oxygen atoms in total. The van der Waals surface area contributed by atoms with Crippen molar-refractivity contribution in [2.45, 2.75) is 25.4 Å². The largest absolute Gasteiger partial charge is 0.326 e. The van der Waals surface area contributed by atoms with E-state index in [2.05, 4.69) is 16.3 Å². The predicted molar refractivity (Wildman–Crippen MR) is 73.4 cm³/mol. The van der Waals surface area contributed by atoms with Crippen molar-refractivity contribution in [1.82, 2.24) is 15.9 Å². The van der Waals surface area contributed by atoms with E-state index in [0.717, 1.165) is 5.56 Å². The molecule has 0 spiro atoms. The Morgan fingerprint density at radius 3 is 2.81 bits per heavy atom. The number of amides is 3. The Bertz CT molecular complexity index is 630. The van der Waals surface area contributed by atoms with Crippen molar-refractivity contribution in [1.29, 1.82) is 0 Å². The monoisotopic (exact) mass is 289 g/mol. The molecular weight excluding hydrogens is 274 g/mol. The van der Waals surface area contributed by atoms with Crippen LogP contribution in [0.5, 0.6) is 0 Å². The fourth-order valence-corrected chi connectivity index (χ4v) is 2.45. The van der Waals surface area contributed by atoms with Crippen molar-refractivity contribution in [2.24, 2.45) is 5.73 Å². The maximum absolute atomic E-state index is 12.5. The number of anilines is 1. The van der Waals surface area contributed by atoms with E-state index in [0.29, 0.717) is 17.8 Å². The average Bonchev–Trinajstić information content (AvgIpc) is 2.48. The van der Waals surface area contributed by atoms with Crippen molar-refractivity contribution in [3.05, 3.63) is 29.3 Å². The van der Waals surface area contributed by atoms with Gasteiger partial charge in [0.2, 0.25) is 5.91 Å². The van der Waals surface area contributed by atoms with Crippen LogP contribution in [0.1, 0.15) is 28.8 Å². The molecule has 1 unspecified atom stereocenters. The van der Waals surface area contributed by atoms with Crippen molar-refractivity contribution in [3.63, 3.8) is 0 Å². The van der Waals surface area contributed by atoms with Crippen LogP contribution < -0.4 is 22.0 Å². The molecule has 2 aliphatic rings. The molecule has 110 valence electrons. The number of hydrogen-bond donors (Lipinski definition) is 4. The normalized spacial score (nSPS) is 21.7. The molecule has 21 heavy (non-hydrogen) atoms. The van der Waals surface area contributed by atoms with E-state index >= 15 is 0 Å². The van der Waals surface area contributed by atoms with Gasteiger partial charge in [-0.1, -0.05) is 6.07 Å². The first kappa shape index (κ1) is 13.5. The van der Waals surface area contributed by atoms with E-state index in [4.69, 9.17) is 5.73 Å². The molecule has 0 radical (unpaired) electrons. The molecule has 8 heteroatoms. The van der Waals surface area contributed by atoms with E-state index in [1.165, 1.54) is 5.01 Å². The molecule has 0 aliphatic carbocycles. The molecular formula is C13H15N5O3. The third-order valence-electron chi connectivity index (χ3n) is 3.60. The van der Waals surface area contributed by atoms with Crippen molar-refractivity contribution >= 4 is 23.4 Å². The third-order valence-corrected chi connectivity index (χ3v) is 3.60. The lowest BCUT2D eigenvalue weighted by Crippen LogP contribution is -2.61. The van der Waals surface area contributed by atoms with E-state index in [9.17, 15) is 14.4 Å². The summed E-state index contributed by atoms with van der Waals surface area (Å²) in [6, 6.07) is 4.55. The van der Waals surface area contributed by atoms with Gasteiger partial charge in [-0.05, 0) is 24.1 Å². The zero-order chi connectivity index (χ0) is 15.0. The standard InChI is InChI=1S/C13H15N5O3/c14-6-7-1-2-9-8(5-7)13(21)18(17-16-9)10-3-4-11(19)15-12(10)20/h1-2,5,10,16-17H,3-4,6,14H2,(H,15,19,20). The Balaban J connectivity index is 1.88. The zero-order valence-electron chi connectivity index (χ0n) is 11.2. The molecule has 0 saturated carbocycles. The summed E-state index contributed by atoms with van der Waals surface area (Å²) < 4.78 is 0. The summed E-state index contributed by atoms with van der Waals surface area (Å²) in [6.07, 6.45) is 0.495. The van der Waals surface area contributed by atoms with Crippen LogP contribution in [-0.4, -0.2) is 28.8 Å². The lowest BCUT2D eigenvalue weighted by atomic mass is 10.0. The highest BCUT2D eigenvalue weighted by atomic mass is 16.2. The number of fused-ring (bicyclic) bond motifs is 1. The Labute approximate surface area is 120 Å². The third kappa shape index (κ3) is 2.34. The van der Waals surface area contributed by atoms with Crippen LogP contribution in [-0.2, 0) is 16.1 Å². The Morgan fingerprint density at radius 2 is 2.10 bits per heavy atom. The van der Waals surface area contributed by atoms with Crippen molar-refractivity contribution < 1.29 is 14.4 Å². The maximum Gasteiger partial charge on any atom is 0.272 e. The van der Waals surface area contributed by atoms with Gasteiger partial charge in [0.15, 0.2) is 0 Å². The topological polar surface area (TPSA) is 117 Å². The molecule has 1 aromatic carbocycles. The quantitative estimate of drug-likeness (QED) is 0.532. The molecule has 1 aromatic rings. The predicted octanol–water partition coefficient (Wildman–Crippen LogP) is -0.762. The lowest BCUT2D eigenvalue weighted by Gasteiger charge is -2.36. The van der Waals surface area contributed by atoms with Crippen LogP contribution in [0.4, 0.5) is 5.69 Å². The maximum atomic E-state index is 12.5. The number of piperidine rings is 1. The lowest BCUT2D eigenvalue weighted by molar-refractivity contribution is -0.137. The fourth-order valence-electron chi connectivity index (χ4n) is 2.45. The summed E-state index contributed by atoms with van der Waals surface area (Å²) in [5.41, 5.74) is 13.1. The minimum Gasteiger partial charge on any atom is -0.326 e. The first-order valence-corrected chi connectivity index (χ1v) is 6.62. The van der Waals surface area contributed by atoms with Crippen LogP contribution >= 0.6 is 0 Å². The van der Waals surface area contributed by atoms with Crippen molar-refractivity contribution in [3.8, 4) is 0 Å². The number of imide groups is 1. The Morgan fingerprint density at radius 1 is 1.29 bits per heavy atom. The number of rotatable bonds is 2. The highest BCUT2D eigenvalue weighted by molar-refractivity contribution is 6.06. The number of nitrogens with one attached hydrogen (secondary N) is 3. The summed E-state index contributed by atoms with van der Waals surface area (Å²) in [5.74, 6) is -1.12. The van der Waals surface area contributed by atoms with Gasteiger partial charge < -0.3 is 11.2 Å². The summed E-state index contributed by atoms with van der Waals surface area (Å²) in [7, 11) is 0. The molecule has 2 heterocycles. The van der Waals surface area contributed by atoms with Gasteiger partial charge in [0.05, 0.1) is 11.3 Å². The van der Waals surface area contributed by atoms with E-state index < -0.39 is 11.9 Å². The number of carbonyl (C=O) groups excluding carboxylic acids is 3. The van der Waals surface area contributed by atoms with Crippen molar-refractivity contribution in [2.75, 3.05) is 5.43 Å². The minimum absolute atomic E-state index is 0.206. The van der Waals surface area contributed by atoms with Gasteiger partial charge in [0.1, 0.15) is 6.04 Å². The molecule has 0 aromatic heterocycles. The number of benzene rings is 1. The first-order valence-electron chi connectivity index (χ1n) is 6.62. The van der Waals surface area contributed by atoms with Gasteiger partial charge in [0, 0.05) is 13.0 Å². The van der Waals surface area contributed by atoms with E-state index in [1.807, 2.05) is 6.07 Å². The molecule has 2 aliphatic heterocycles. The smallest absolute Gasteiger partial charge is 0.272 e. The highest BCUT2D eigenvalue weighted by Crippen LogP contribution is 2.24. The number of nitrogens with zero attached hydrogens (tertiary/aromatic N) is 1. The average molecular weight is 289 g/mol. The molecule has 3 amide bonds. The second kappa shape index (κ2) is 5.15. The fraction of sp³-hybridized carbons (Fsp3) is 0.308. The van der Waals surface area contributed by atoms with E-state index in [1.54, 1.807) is 12.1 Å². The number of carbonyl (C=O) groups is 3. The van der Waals surface area contributed by atoms with Crippen LogP contribution in [0.15, 0.2) is 18.2 Å². The SMILES string of the molecule is NCc1ccc2c(c1)C(=O)N(C1CCC(=O)NC1=O)NN2. The molecule has 1 saturated heterocycles. The highest BCUT2D eigenvalue weighted by Gasteiger charge is 2.37. The molecule has 5 N–H and O–H groups in total. The summed E-state index contributed by atoms with van der Waals surface area (Å²) in [5, 5.41) is 3.45. The van der Waals surface area contributed by atoms with Crippen LogP contribution in [0.3, 0.4) is 0 Å².